The lowest BCUT2D eigenvalue weighted by Gasteiger charge is -2.02. The van der Waals surface area contributed by atoms with Crippen molar-refractivity contribution < 1.29 is 18.3 Å². The van der Waals surface area contributed by atoms with Crippen molar-refractivity contribution in [3.8, 4) is 0 Å². The second kappa shape index (κ2) is 6.32. The number of esters is 1. The van der Waals surface area contributed by atoms with Gasteiger partial charge in [-0.3, -0.25) is 0 Å². The fraction of sp³-hybridized carbons (Fsp3) is 0.267. The summed E-state index contributed by atoms with van der Waals surface area (Å²) in [5, 5.41) is 0. The summed E-state index contributed by atoms with van der Waals surface area (Å²) in [5.74, 6) is -1.55. The van der Waals surface area contributed by atoms with Crippen LogP contribution in [0.15, 0.2) is 30.5 Å². The van der Waals surface area contributed by atoms with Gasteiger partial charge in [0.2, 0.25) is 0 Å². The number of aryl methyl sites for hydroxylation is 2. The fourth-order valence-corrected chi connectivity index (χ4v) is 1.91. The molecule has 5 heteroatoms. The molecule has 0 aliphatic heterocycles. The number of carbonyl (C=O) groups is 1. The molecule has 3 nitrogen and oxygen atoms in total. The second-order valence-electron chi connectivity index (χ2n) is 4.38. The highest BCUT2D eigenvalue weighted by atomic mass is 19.1. The predicted molar refractivity (Wildman–Crippen MR) is 70.5 cm³/mol. The molecule has 0 unspecified atom stereocenters. The Balaban J connectivity index is 1.99. The first-order valence-electron chi connectivity index (χ1n) is 6.38. The summed E-state index contributed by atoms with van der Waals surface area (Å²) in [6.07, 6.45) is 2.68. The molecule has 0 amide bonds. The molecule has 0 saturated heterocycles. The minimum atomic E-state index is -0.586. The molecule has 1 aromatic heterocycles. The molecular weight excluding hydrogens is 264 g/mol. The topological polar surface area (TPSA) is 42.1 Å². The van der Waals surface area contributed by atoms with Crippen LogP contribution < -0.4 is 0 Å². The number of rotatable bonds is 5. The molecule has 0 aliphatic carbocycles. The smallest absolute Gasteiger partial charge is 0.354 e. The maximum absolute atomic E-state index is 13.5. The number of H-pyrrole nitrogens is 1. The highest BCUT2D eigenvalue weighted by Crippen LogP contribution is 2.14. The first kappa shape index (κ1) is 14.2. The number of carbonyl (C=O) groups excluding carboxylic acids is 1. The van der Waals surface area contributed by atoms with Gasteiger partial charge in [-0.05, 0) is 43.0 Å². The molecule has 20 heavy (non-hydrogen) atoms. The molecule has 0 saturated carbocycles. The van der Waals surface area contributed by atoms with Crippen LogP contribution in [0.4, 0.5) is 8.78 Å². The van der Waals surface area contributed by atoms with Crippen molar-refractivity contribution in [1.82, 2.24) is 4.98 Å². The van der Waals surface area contributed by atoms with E-state index >= 15 is 0 Å². The number of ether oxygens (including phenoxy) is 1. The van der Waals surface area contributed by atoms with Gasteiger partial charge in [-0.15, -0.1) is 0 Å². The van der Waals surface area contributed by atoms with Crippen LogP contribution in [-0.4, -0.2) is 17.6 Å². The molecule has 0 spiro atoms. The van der Waals surface area contributed by atoms with Gasteiger partial charge in [-0.2, -0.15) is 0 Å². The zero-order valence-corrected chi connectivity index (χ0v) is 11.1. The number of aromatic amines is 1. The first-order chi connectivity index (χ1) is 9.60. The number of halogens is 2. The lowest BCUT2D eigenvalue weighted by molar-refractivity contribution is 0.0520. The summed E-state index contributed by atoms with van der Waals surface area (Å²) in [5.41, 5.74) is 1.70. The Hall–Kier alpha value is -2.17. The zero-order chi connectivity index (χ0) is 14.5. The molecule has 1 heterocycles. The molecule has 0 fully saturated rings. The predicted octanol–water partition coefficient (Wildman–Crippen LogP) is 3.25. The standard InChI is InChI=1S/C15H15F2NO2/c1-2-20-15(19)14-7-10(9-18-14)3-4-11-5-6-12(16)8-13(11)17/h5-9,18H,2-4H2,1H3. The molecular formula is C15H15F2NO2. The lowest BCUT2D eigenvalue weighted by Crippen LogP contribution is -2.04. The van der Waals surface area contributed by atoms with Crippen LogP contribution in [0.5, 0.6) is 0 Å². The summed E-state index contributed by atoms with van der Waals surface area (Å²) >= 11 is 0. The normalized spacial score (nSPS) is 10.6. The van der Waals surface area contributed by atoms with Gasteiger partial charge in [0, 0.05) is 12.3 Å². The van der Waals surface area contributed by atoms with Crippen LogP contribution in [0.3, 0.4) is 0 Å². The summed E-state index contributed by atoms with van der Waals surface area (Å²) in [7, 11) is 0. The van der Waals surface area contributed by atoms with Crippen LogP contribution in [0, 0.1) is 11.6 Å². The largest absolute Gasteiger partial charge is 0.461 e. The fourth-order valence-electron chi connectivity index (χ4n) is 1.91. The third-order valence-corrected chi connectivity index (χ3v) is 2.94. The third kappa shape index (κ3) is 3.44. The Morgan fingerprint density at radius 3 is 2.75 bits per heavy atom. The summed E-state index contributed by atoms with van der Waals surface area (Å²) in [4.78, 5) is 14.3. The number of aromatic nitrogens is 1. The lowest BCUT2D eigenvalue weighted by atomic mass is 10.1. The van der Waals surface area contributed by atoms with Crippen LogP contribution in [0.2, 0.25) is 0 Å². The Labute approximate surface area is 115 Å². The van der Waals surface area contributed by atoms with E-state index in [-0.39, 0.29) is 0 Å². The van der Waals surface area contributed by atoms with E-state index in [2.05, 4.69) is 4.98 Å². The molecule has 0 aliphatic rings. The Kier molecular flexibility index (Phi) is 4.50. The molecule has 1 aromatic carbocycles. The van der Waals surface area contributed by atoms with Gasteiger partial charge in [-0.25, -0.2) is 13.6 Å². The van der Waals surface area contributed by atoms with Crippen molar-refractivity contribution in [2.75, 3.05) is 6.61 Å². The van der Waals surface area contributed by atoms with E-state index in [0.29, 0.717) is 30.7 Å². The van der Waals surface area contributed by atoms with Crippen LogP contribution in [-0.2, 0) is 17.6 Å². The van der Waals surface area contributed by atoms with Gasteiger partial charge in [0.1, 0.15) is 17.3 Å². The minimum absolute atomic E-state index is 0.313. The molecule has 0 atom stereocenters. The molecule has 0 radical (unpaired) electrons. The maximum atomic E-state index is 13.5. The van der Waals surface area contributed by atoms with E-state index in [1.54, 1.807) is 19.2 Å². The summed E-state index contributed by atoms with van der Waals surface area (Å²) in [6.45, 7) is 2.05. The van der Waals surface area contributed by atoms with Crippen molar-refractivity contribution in [2.24, 2.45) is 0 Å². The van der Waals surface area contributed by atoms with Gasteiger partial charge >= 0.3 is 5.97 Å². The average Bonchev–Trinajstić information content (AvgIpc) is 2.87. The van der Waals surface area contributed by atoms with Crippen LogP contribution in [0.25, 0.3) is 0 Å². The number of nitrogens with one attached hydrogen (secondary N) is 1. The molecule has 2 rings (SSSR count). The van der Waals surface area contributed by atoms with Crippen molar-refractivity contribution in [3.63, 3.8) is 0 Å². The third-order valence-electron chi connectivity index (χ3n) is 2.94. The Morgan fingerprint density at radius 1 is 1.25 bits per heavy atom. The van der Waals surface area contributed by atoms with Gasteiger partial charge in [0.15, 0.2) is 0 Å². The van der Waals surface area contributed by atoms with Crippen molar-refractivity contribution in [2.45, 2.75) is 19.8 Å². The van der Waals surface area contributed by atoms with Gasteiger partial charge in [-0.1, -0.05) is 6.07 Å². The van der Waals surface area contributed by atoms with Crippen LogP contribution >= 0.6 is 0 Å². The highest BCUT2D eigenvalue weighted by molar-refractivity contribution is 5.87. The van der Waals surface area contributed by atoms with Crippen molar-refractivity contribution in [1.29, 1.82) is 0 Å². The zero-order valence-electron chi connectivity index (χ0n) is 11.1. The van der Waals surface area contributed by atoms with Crippen molar-refractivity contribution >= 4 is 5.97 Å². The van der Waals surface area contributed by atoms with Gasteiger partial charge in [0.25, 0.3) is 0 Å². The molecule has 106 valence electrons. The maximum Gasteiger partial charge on any atom is 0.354 e. The van der Waals surface area contributed by atoms with E-state index in [9.17, 15) is 13.6 Å². The van der Waals surface area contributed by atoms with E-state index in [1.807, 2.05) is 0 Å². The van der Waals surface area contributed by atoms with E-state index < -0.39 is 17.6 Å². The SMILES string of the molecule is CCOC(=O)c1cc(CCc2ccc(F)cc2F)c[nH]1. The van der Waals surface area contributed by atoms with Crippen LogP contribution in [0.1, 0.15) is 28.5 Å². The van der Waals surface area contributed by atoms with Gasteiger partial charge in [0.05, 0.1) is 6.61 Å². The Bertz CT molecular complexity index is 608. The number of hydrogen-bond donors (Lipinski definition) is 1. The molecule has 2 aromatic rings. The minimum Gasteiger partial charge on any atom is -0.461 e. The quantitative estimate of drug-likeness (QED) is 0.854. The summed E-state index contributed by atoms with van der Waals surface area (Å²) < 4.78 is 31.1. The molecule has 0 bridgehead atoms. The second-order valence-corrected chi connectivity index (χ2v) is 4.38. The molecule has 1 N–H and O–H groups in total. The number of benzene rings is 1. The average molecular weight is 279 g/mol. The Morgan fingerprint density at radius 2 is 2.05 bits per heavy atom. The van der Waals surface area contributed by atoms with E-state index in [4.69, 9.17) is 4.74 Å². The first-order valence-corrected chi connectivity index (χ1v) is 6.38. The summed E-state index contributed by atoms with van der Waals surface area (Å²) in [6, 6.07) is 5.22. The van der Waals surface area contributed by atoms with E-state index in [1.165, 1.54) is 12.1 Å². The highest BCUT2D eigenvalue weighted by Gasteiger charge is 2.10. The van der Waals surface area contributed by atoms with E-state index in [0.717, 1.165) is 11.6 Å². The monoisotopic (exact) mass is 279 g/mol. The van der Waals surface area contributed by atoms with Gasteiger partial charge < -0.3 is 9.72 Å². The number of hydrogen-bond acceptors (Lipinski definition) is 2. The van der Waals surface area contributed by atoms with Crippen molar-refractivity contribution in [3.05, 3.63) is 58.9 Å².